The van der Waals surface area contributed by atoms with Crippen molar-refractivity contribution in [2.24, 2.45) is 5.73 Å². The molecule has 0 saturated heterocycles. The Morgan fingerprint density at radius 2 is 2.29 bits per heavy atom. The predicted octanol–water partition coefficient (Wildman–Crippen LogP) is 2.52. The monoisotopic (exact) mass is 302 g/mol. The van der Waals surface area contributed by atoms with Gasteiger partial charge in [0.15, 0.2) is 11.6 Å². The highest BCUT2D eigenvalue weighted by Crippen LogP contribution is 2.21. The molecule has 0 radical (unpaired) electrons. The van der Waals surface area contributed by atoms with Gasteiger partial charge in [-0.25, -0.2) is 9.37 Å². The summed E-state index contributed by atoms with van der Waals surface area (Å²) in [6, 6.07) is 1.48. The molecular formula is C11H16BrFN4. The second-order valence-corrected chi connectivity index (χ2v) is 4.94. The lowest BCUT2D eigenvalue weighted by Gasteiger charge is -2.28. The van der Waals surface area contributed by atoms with E-state index in [1.165, 1.54) is 6.07 Å². The van der Waals surface area contributed by atoms with Crippen LogP contribution in [0.1, 0.15) is 20.3 Å². The SMILES string of the molecule is CC(C)N(CCC(=N)N)c1ncc(Br)cc1F. The summed E-state index contributed by atoms with van der Waals surface area (Å²) in [4.78, 5) is 5.86. The molecule has 0 aliphatic carbocycles. The summed E-state index contributed by atoms with van der Waals surface area (Å²) in [7, 11) is 0. The topological polar surface area (TPSA) is 66.0 Å². The van der Waals surface area contributed by atoms with Gasteiger partial charge in [-0.3, -0.25) is 5.41 Å². The molecule has 1 rings (SSSR count). The minimum absolute atomic E-state index is 0.0909. The third kappa shape index (κ3) is 3.96. The number of anilines is 1. The van der Waals surface area contributed by atoms with Gasteiger partial charge in [0.1, 0.15) is 0 Å². The Hall–Kier alpha value is -1.17. The minimum atomic E-state index is -0.378. The maximum Gasteiger partial charge on any atom is 0.166 e. The summed E-state index contributed by atoms with van der Waals surface area (Å²) in [5, 5.41) is 7.21. The van der Waals surface area contributed by atoms with Crippen LogP contribution in [0.3, 0.4) is 0 Å². The van der Waals surface area contributed by atoms with Crippen LogP contribution >= 0.6 is 15.9 Å². The molecule has 94 valence electrons. The molecule has 0 aliphatic heterocycles. The number of pyridine rings is 1. The average molecular weight is 303 g/mol. The summed E-state index contributed by atoms with van der Waals surface area (Å²) < 4.78 is 14.4. The molecule has 1 heterocycles. The normalized spacial score (nSPS) is 10.6. The highest BCUT2D eigenvalue weighted by atomic mass is 79.9. The number of nitrogens with two attached hydrogens (primary N) is 1. The fraction of sp³-hybridized carbons (Fsp3) is 0.455. The zero-order valence-electron chi connectivity index (χ0n) is 9.87. The van der Waals surface area contributed by atoms with Crippen molar-refractivity contribution in [1.82, 2.24) is 4.98 Å². The van der Waals surface area contributed by atoms with Gasteiger partial charge in [-0.15, -0.1) is 0 Å². The van der Waals surface area contributed by atoms with Crippen LogP contribution in [0.15, 0.2) is 16.7 Å². The van der Waals surface area contributed by atoms with Gasteiger partial charge in [0.2, 0.25) is 0 Å². The summed E-state index contributed by atoms with van der Waals surface area (Å²) in [5.41, 5.74) is 5.32. The van der Waals surface area contributed by atoms with E-state index in [2.05, 4.69) is 20.9 Å². The first-order valence-electron chi connectivity index (χ1n) is 5.32. The molecule has 0 saturated carbocycles. The van der Waals surface area contributed by atoms with E-state index < -0.39 is 0 Å². The van der Waals surface area contributed by atoms with Crippen LogP contribution < -0.4 is 10.6 Å². The highest BCUT2D eigenvalue weighted by Gasteiger charge is 2.16. The lowest BCUT2D eigenvalue weighted by Crippen LogP contribution is -2.35. The van der Waals surface area contributed by atoms with Crippen LogP contribution in [0.4, 0.5) is 10.2 Å². The molecule has 1 aromatic heterocycles. The zero-order valence-corrected chi connectivity index (χ0v) is 11.5. The first-order chi connectivity index (χ1) is 7.91. The van der Waals surface area contributed by atoms with Crippen molar-refractivity contribution >= 4 is 27.6 Å². The maximum atomic E-state index is 13.8. The van der Waals surface area contributed by atoms with E-state index in [0.29, 0.717) is 23.3 Å². The first-order valence-corrected chi connectivity index (χ1v) is 6.11. The molecule has 0 atom stereocenters. The molecule has 17 heavy (non-hydrogen) atoms. The van der Waals surface area contributed by atoms with E-state index in [-0.39, 0.29) is 17.7 Å². The van der Waals surface area contributed by atoms with E-state index in [1.54, 1.807) is 11.1 Å². The van der Waals surface area contributed by atoms with Crippen molar-refractivity contribution in [3.8, 4) is 0 Å². The number of aromatic nitrogens is 1. The van der Waals surface area contributed by atoms with Crippen molar-refractivity contribution in [3.63, 3.8) is 0 Å². The van der Waals surface area contributed by atoms with Crippen LogP contribution in [0, 0.1) is 11.2 Å². The standard InChI is InChI=1S/C11H16BrFN4/c1-7(2)17(4-3-10(14)15)11-9(13)5-8(12)6-16-11/h5-7H,3-4H2,1-2H3,(H3,14,15). The van der Waals surface area contributed by atoms with E-state index in [0.717, 1.165) is 0 Å². The van der Waals surface area contributed by atoms with Crippen molar-refractivity contribution in [2.45, 2.75) is 26.3 Å². The van der Waals surface area contributed by atoms with Gasteiger partial charge in [-0.2, -0.15) is 0 Å². The van der Waals surface area contributed by atoms with Crippen LogP contribution in [0.25, 0.3) is 0 Å². The number of rotatable bonds is 5. The Kier molecular flexibility index (Phi) is 4.86. The molecule has 0 amide bonds. The maximum absolute atomic E-state index is 13.8. The van der Waals surface area contributed by atoms with Gasteiger partial charge in [0, 0.05) is 29.7 Å². The van der Waals surface area contributed by atoms with E-state index in [9.17, 15) is 4.39 Å². The highest BCUT2D eigenvalue weighted by molar-refractivity contribution is 9.10. The van der Waals surface area contributed by atoms with Crippen molar-refractivity contribution in [2.75, 3.05) is 11.4 Å². The van der Waals surface area contributed by atoms with Crippen LogP contribution in [0.2, 0.25) is 0 Å². The second-order valence-electron chi connectivity index (χ2n) is 4.02. The van der Waals surface area contributed by atoms with Gasteiger partial charge in [-0.05, 0) is 35.8 Å². The van der Waals surface area contributed by atoms with Gasteiger partial charge in [0.05, 0.1) is 5.84 Å². The summed E-state index contributed by atoms with van der Waals surface area (Å²) in [6.07, 6.45) is 1.96. The second kappa shape index (κ2) is 5.95. The van der Waals surface area contributed by atoms with Gasteiger partial charge < -0.3 is 10.6 Å². The molecular weight excluding hydrogens is 287 g/mol. The molecule has 4 nitrogen and oxygen atoms in total. The summed E-state index contributed by atoms with van der Waals surface area (Å²) in [6.45, 7) is 4.38. The number of amidine groups is 1. The van der Waals surface area contributed by atoms with Crippen LogP contribution in [-0.2, 0) is 0 Å². The first kappa shape index (κ1) is 13.9. The third-order valence-electron chi connectivity index (χ3n) is 2.31. The fourth-order valence-electron chi connectivity index (χ4n) is 1.47. The average Bonchev–Trinajstić information content (AvgIpc) is 2.20. The quantitative estimate of drug-likeness (QED) is 0.649. The predicted molar refractivity (Wildman–Crippen MR) is 70.9 cm³/mol. The number of nitrogens with one attached hydrogen (secondary N) is 1. The number of hydrogen-bond acceptors (Lipinski definition) is 3. The minimum Gasteiger partial charge on any atom is -0.388 e. The van der Waals surface area contributed by atoms with Gasteiger partial charge >= 0.3 is 0 Å². The Labute approximate surface area is 109 Å². The molecule has 1 aromatic rings. The Morgan fingerprint density at radius 3 is 2.76 bits per heavy atom. The van der Waals surface area contributed by atoms with E-state index >= 15 is 0 Å². The molecule has 0 fully saturated rings. The lowest BCUT2D eigenvalue weighted by atomic mass is 10.2. The molecule has 6 heteroatoms. The van der Waals surface area contributed by atoms with Crippen molar-refractivity contribution in [1.29, 1.82) is 5.41 Å². The Morgan fingerprint density at radius 1 is 1.65 bits per heavy atom. The summed E-state index contributed by atoms with van der Waals surface area (Å²) >= 11 is 3.17. The number of nitrogens with zero attached hydrogens (tertiary/aromatic N) is 2. The molecule has 0 unspecified atom stereocenters. The van der Waals surface area contributed by atoms with Crippen molar-refractivity contribution < 1.29 is 4.39 Å². The zero-order chi connectivity index (χ0) is 13.0. The number of halogens is 2. The Balaban J connectivity index is 2.93. The van der Waals surface area contributed by atoms with Gasteiger partial charge in [-0.1, -0.05) is 0 Å². The number of hydrogen-bond donors (Lipinski definition) is 2. The van der Waals surface area contributed by atoms with E-state index in [1.807, 2.05) is 13.8 Å². The third-order valence-corrected chi connectivity index (χ3v) is 2.74. The molecule has 0 aromatic carbocycles. The largest absolute Gasteiger partial charge is 0.388 e. The molecule has 0 bridgehead atoms. The van der Waals surface area contributed by atoms with Gasteiger partial charge in [0.25, 0.3) is 0 Å². The smallest absolute Gasteiger partial charge is 0.166 e. The van der Waals surface area contributed by atoms with Crippen LogP contribution in [-0.4, -0.2) is 23.4 Å². The molecule has 3 N–H and O–H groups in total. The van der Waals surface area contributed by atoms with Crippen LogP contribution in [0.5, 0.6) is 0 Å². The Bertz CT molecular complexity index is 408. The summed E-state index contributed by atoms with van der Waals surface area (Å²) in [5.74, 6) is 0.00856. The van der Waals surface area contributed by atoms with E-state index in [4.69, 9.17) is 11.1 Å². The fourth-order valence-corrected chi connectivity index (χ4v) is 1.77. The lowest BCUT2D eigenvalue weighted by molar-refractivity contribution is 0.590. The van der Waals surface area contributed by atoms with Crippen molar-refractivity contribution in [3.05, 3.63) is 22.6 Å². The molecule has 0 spiro atoms. The molecule has 0 aliphatic rings.